The Morgan fingerprint density at radius 2 is 1.87 bits per heavy atom. The molecule has 2 aromatic rings. The van der Waals surface area contributed by atoms with Gasteiger partial charge in [0.15, 0.2) is 0 Å². The van der Waals surface area contributed by atoms with Gasteiger partial charge >= 0.3 is 0 Å². The Bertz CT molecular complexity index is 575. The summed E-state index contributed by atoms with van der Waals surface area (Å²) in [6.07, 6.45) is 3.19. The van der Waals surface area contributed by atoms with Gasteiger partial charge < -0.3 is 9.32 Å². The monoisotopic (exact) mass is 313 g/mol. The third-order valence-corrected chi connectivity index (χ3v) is 4.29. The van der Waals surface area contributed by atoms with E-state index in [0.717, 1.165) is 18.7 Å². The maximum absolute atomic E-state index is 12.3. The fourth-order valence-electron chi connectivity index (χ4n) is 2.92. The van der Waals surface area contributed by atoms with Crippen molar-refractivity contribution in [2.75, 3.05) is 6.54 Å². The van der Waals surface area contributed by atoms with Crippen LogP contribution in [0.2, 0.25) is 0 Å². The van der Waals surface area contributed by atoms with Crippen LogP contribution in [0.15, 0.2) is 53.1 Å². The third-order valence-electron chi connectivity index (χ3n) is 4.29. The van der Waals surface area contributed by atoms with E-state index in [-0.39, 0.29) is 5.91 Å². The molecule has 0 aliphatic carbocycles. The summed E-state index contributed by atoms with van der Waals surface area (Å²) in [4.78, 5) is 14.3. The molecule has 0 spiro atoms. The number of nitrogens with zero attached hydrogens (tertiary/aromatic N) is 1. The summed E-state index contributed by atoms with van der Waals surface area (Å²) < 4.78 is 5.59. The summed E-state index contributed by atoms with van der Waals surface area (Å²) in [5, 5.41) is 0. The molecule has 1 amide bonds. The van der Waals surface area contributed by atoms with Gasteiger partial charge in [0.05, 0.1) is 6.26 Å². The van der Waals surface area contributed by atoms with Crippen molar-refractivity contribution in [1.82, 2.24) is 4.90 Å². The lowest BCUT2D eigenvalue weighted by molar-refractivity contribution is -0.131. The molecule has 0 radical (unpaired) electrons. The normalized spacial score (nSPS) is 12.3. The van der Waals surface area contributed by atoms with E-state index >= 15 is 0 Å². The van der Waals surface area contributed by atoms with Crippen molar-refractivity contribution in [3.63, 3.8) is 0 Å². The van der Waals surface area contributed by atoms with Gasteiger partial charge in [0, 0.05) is 25.4 Å². The minimum atomic E-state index is 0.204. The molecule has 23 heavy (non-hydrogen) atoms. The number of benzene rings is 1. The summed E-state index contributed by atoms with van der Waals surface area (Å²) >= 11 is 0. The van der Waals surface area contributed by atoms with Gasteiger partial charge in [-0.15, -0.1) is 0 Å². The van der Waals surface area contributed by atoms with Gasteiger partial charge in [0.25, 0.3) is 0 Å². The lowest BCUT2D eigenvalue weighted by Crippen LogP contribution is -2.32. The smallest absolute Gasteiger partial charge is 0.222 e. The molecule has 0 aliphatic rings. The van der Waals surface area contributed by atoms with Crippen LogP contribution in [0.1, 0.15) is 50.9 Å². The van der Waals surface area contributed by atoms with Crippen LogP contribution in [0.3, 0.4) is 0 Å². The van der Waals surface area contributed by atoms with Crippen LogP contribution in [-0.4, -0.2) is 17.4 Å². The molecule has 1 aromatic heterocycles. The van der Waals surface area contributed by atoms with Gasteiger partial charge in [0.1, 0.15) is 5.76 Å². The first-order valence-electron chi connectivity index (χ1n) is 8.47. The van der Waals surface area contributed by atoms with Gasteiger partial charge in [0.2, 0.25) is 5.91 Å². The highest BCUT2D eigenvalue weighted by Gasteiger charge is 2.21. The zero-order valence-corrected chi connectivity index (χ0v) is 14.4. The van der Waals surface area contributed by atoms with Crippen molar-refractivity contribution in [2.24, 2.45) is 5.92 Å². The Morgan fingerprint density at radius 3 is 2.43 bits per heavy atom. The maximum atomic E-state index is 12.3. The van der Waals surface area contributed by atoms with Crippen molar-refractivity contribution in [3.05, 3.63) is 60.1 Å². The molecule has 1 heterocycles. The molecular weight excluding hydrogens is 286 g/mol. The Labute approximate surface area is 139 Å². The third kappa shape index (κ3) is 4.98. The fourth-order valence-corrected chi connectivity index (χ4v) is 2.92. The van der Waals surface area contributed by atoms with E-state index in [9.17, 15) is 4.79 Å². The molecule has 0 saturated heterocycles. The molecule has 0 aliphatic heterocycles. The zero-order valence-electron chi connectivity index (χ0n) is 14.4. The Morgan fingerprint density at radius 1 is 1.13 bits per heavy atom. The summed E-state index contributed by atoms with van der Waals surface area (Å²) in [5.41, 5.74) is 1.17. The van der Waals surface area contributed by atoms with E-state index < -0.39 is 0 Å². The molecule has 124 valence electrons. The molecule has 0 unspecified atom stereocenters. The summed E-state index contributed by atoms with van der Waals surface area (Å²) in [6.45, 7) is 7.76. The first-order chi connectivity index (χ1) is 11.1. The van der Waals surface area contributed by atoms with E-state index in [1.807, 2.05) is 42.2 Å². The number of hydrogen-bond acceptors (Lipinski definition) is 2. The first kappa shape index (κ1) is 17.3. The van der Waals surface area contributed by atoms with Crippen LogP contribution in [0.5, 0.6) is 0 Å². The van der Waals surface area contributed by atoms with E-state index in [1.165, 1.54) is 5.56 Å². The van der Waals surface area contributed by atoms with Crippen LogP contribution in [0.4, 0.5) is 0 Å². The molecular formula is C20H27NO2. The van der Waals surface area contributed by atoms with E-state index in [1.54, 1.807) is 6.26 Å². The van der Waals surface area contributed by atoms with Gasteiger partial charge in [-0.2, -0.15) is 0 Å². The second-order valence-corrected chi connectivity index (χ2v) is 6.31. The number of furan rings is 1. The molecule has 2 rings (SSSR count). The summed E-state index contributed by atoms with van der Waals surface area (Å²) in [6, 6.07) is 14.1. The Hall–Kier alpha value is -2.03. The number of carbonyl (C=O) groups excluding carboxylic acids is 1. The second-order valence-electron chi connectivity index (χ2n) is 6.31. The van der Waals surface area contributed by atoms with Crippen LogP contribution >= 0.6 is 0 Å². The summed E-state index contributed by atoms with van der Waals surface area (Å²) in [5.74, 6) is 2.05. The van der Waals surface area contributed by atoms with Gasteiger partial charge in [-0.1, -0.05) is 51.1 Å². The topological polar surface area (TPSA) is 33.5 Å². The quantitative estimate of drug-likeness (QED) is 0.698. The van der Waals surface area contributed by atoms with Crippen molar-refractivity contribution in [1.29, 1.82) is 0 Å². The lowest BCUT2D eigenvalue weighted by atomic mass is 9.90. The molecule has 0 bridgehead atoms. The number of rotatable bonds is 8. The van der Waals surface area contributed by atoms with Gasteiger partial charge in [-0.3, -0.25) is 4.79 Å². The van der Waals surface area contributed by atoms with Crippen LogP contribution in [-0.2, 0) is 11.3 Å². The maximum Gasteiger partial charge on any atom is 0.222 e. The standard InChI is InChI=1S/C20H27NO2/c1-4-20(22)21(15-17-9-6-5-7-10-17)13-12-18(16(2)3)19-11-8-14-23-19/h5-11,14,16,18H,4,12-13,15H2,1-3H3/t18-/m1/s1. The minimum Gasteiger partial charge on any atom is -0.469 e. The number of hydrogen-bond donors (Lipinski definition) is 0. The van der Waals surface area contributed by atoms with Crippen molar-refractivity contribution < 1.29 is 9.21 Å². The predicted molar refractivity (Wildman–Crippen MR) is 93.1 cm³/mol. The van der Waals surface area contributed by atoms with E-state index in [0.29, 0.717) is 24.8 Å². The van der Waals surface area contributed by atoms with Gasteiger partial charge in [-0.05, 0) is 30.0 Å². The van der Waals surface area contributed by atoms with Crippen molar-refractivity contribution in [2.45, 2.75) is 46.1 Å². The molecule has 0 fully saturated rings. The van der Waals surface area contributed by atoms with Crippen molar-refractivity contribution in [3.8, 4) is 0 Å². The zero-order chi connectivity index (χ0) is 16.7. The number of amides is 1. The van der Waals surface area contributed by atoms with E-state index in [4.69, 9.17) is 4.42 Å². The average molecular weight is 313 g/mol. The Balaban J connectivity index is 2.04. The fraction of sp³-hybridized carbons (Fsp3) is 0.450. The molecule has 0 N–H and O–H groups in total. The average Bonchev–Trinajstić information content (AvgIpc) is 3.08. The Kier molecular flexibility index (Phi) is 6.45. The van der Waals surface area contributed by atoms with Crippen LogP contribution in [0.25, 0.3) is 0 Å². The first-order valence-corrected chi connectivity index (χ1v) is 8.47. The minimum absolute atomic E-state index is 0.204. The molecule has 3 heteroatoms. The molecule has 3 nitrogen and oxygen atoms in total. The van der Waals surface area contributed by atoms with E-state index in [2.05, 4.69) is 26.0 Å². The highest BCUT2D eigenvalue weighted by atomic mass is 16.3. The highest BCUT2D eigenvalue weighted by Crippen LogP contribution is 2.28. The SMILES string of the molecule is CCC(=O)N(CC[C@@H](c1ccco1)C(C)C)Cc1ccccc1. The summed E-state index contributed by atoms with van der Waals surface area (Å²) in [7, 11) is 0. The van der Waals surface area contributed by atoms with Crippen molar-refractivity contribution >= 4 is 5.91 Å². The molecule has 0 saturated carbocycles. The van der Waals surface area contributed by atoms with Gasteiger partial charge in [-0.25, -0.2) is 0 Å². The highest BCUT2D eigenvalue weighted by molar-refractivity contribution is 5.75. The number of carbonyl (C=O) groups is 1. The molecule has 1 atom stereocenters. The van der Waals surface area contributed by atoms with Crippen LogP contribution < -0.4 is 0 Å². The lowest BCUT2D eigenvalue weighted by Gasteiger charge is -2.26. The predicted octanol–water partition coefficient (Wildman–Crippen LogP) is 4.85. The van der Waals surface area contributed by atoms with Crippen LogP contribution in [0, 0.1) is 5.92 Å². The molecule has 1 aromatic carbocycles. The second kappa shape index (κ2) is 8.56. The largest absolute Gasteiger partial charge is 0.469 e.